The van der Waals surface area contributed by atoms with Gasteiger partial charge in [0.15, 0.2) is 0 Å². The zero-order chi connectivity index (χ0) is 41.6. The molecule has 0 bridgehead atoms. The van der Waals surface area contributed by atoms with E-state index in [9.17, 15) is 49.7 Å². The van der Waals surface area contributed by atoms with Crippen LogP contribution < -0.4 is 34.1 Å². The van der Waals surface area contributed by atoms with Crippen molar-refractivity contribution >= 4 is 57.6 Å². The van der Waals surface area contributed by atoms with E-state index in [4.69, 9.17) is 13.9 Å². The van der Waals surface area contributed by atoms with Crippen molar-refractivity contribution in [2.24, 2.45) is 0 Å². The van der Waals surface area contributed by atoms with Gasteiger partial charge in [-0.2, -0.15) is 0 Å². The van der Waals surface area contributed by atoms with E-state index in [0.717, 1.165) is 49.5 Å². The third-order valence-electron chi connectivity index (χ3n) is 8.71. The maximum atomic E-state index is 11.9. The van der Waals surface area contributed by atoms with Crippen LogP contribution in [0.4, 0.5) is 22.7 Å². The smallest absolute Gasteiger partial charge is 0.323 e. The summed E-state index contributed by atoms with van der Waals surface area (Å²) < 4.78 is 20.4. The number of benzene rings is 4. The average Bonchev–Trinajstić information content (AvgIpc) is 3.13. The Morgan fingerprint density at radius 3 is 1.75 bits per heavy atom. The molecule has 57 heavy (non-hydrogen) atoms. The van der Waals surface area contributed by atoms with Crippen molar-refractivity contribution in [2.75, 3.05) is 82.3 Å². The maximum absolute atomic E-state index is 11.9. The van der Waals surface area contributed by atoms with Crippen molar-refractivity contribution < 1.29 is 58.4 Å². The number of aliphatic carboxylic acids is 4. The molecule has 5 rings (SSSR count). The third kappa shape index (κ3) is 9.85. The maximum Gasteiger partial charge on any atom is 0.323 e. The van der Waals surface area contributed by atoms with Gasteiger partial charge in [0.2, 0.25) is 5.36 Å². The predicted molar refractivity (Wildman–Crippen MR) is 209 cm³/mol. The second-order valence-corrected chi connectivity index (χ2v) is 13.2. The molecule has 18 heteroatoms. The molecule has 0 unspecified atom stereocenters. The van der Waals surface area contributed by atoms with Crippen LogP contribution in [0.25, 0.3) is 33.4 Å². The molecule has 3 aromatic carbocycles. The molecule has 2 aliphatic rings. The Bertz CT molecular complexity index is 2370. The van der Waals surface area contributed by atoms with Gasteiger partial charge in [0.05, 0.1) is 28.4 Å². The normalized spacial score (nSPS) is 10.9. The second-order valence-electron chi connectivity index (χ2n) is 13.2. The van der Waals surface area contributed by atoms with E-state index in [1.54, 1.807) is 18.2 Å². The summed E-state index contributed by atoms with van der Waals surface area (Å²) in [6.07, 6.45) is 0. The van der Waals surface area contributed by atoms with Crippen molar-refractivity contribution in [3.63, 3.8) is 0 Å². The minimum atomic E-state index is -1.35. The van der Waals surface area contributed by atoms with Crippen LogP contribution in [0.1, 0.15) is 0 Å². The predicted octanol–water partition coefficient (Wildman–Crippen LogP) is 3.62. The van der Waals surface area contributed by atoms with Crippen LogP contribution in [-0.4, -0.2) is 117 Å². The first-order valence-electron chi connectivity index (χ1n) is 17.3. The molecule has 4 N–H and O–H groups in total. The molecule has 0 spiro atoms. The SMILES string of the molecule is CN(C)c1ccc2c(-c3ccc(N(CC(=O)O)CC(=O)O)c(OCCOc4cc([N+](=O)[O-])ccc4N(CC(=O)O)CC(=O)O)c3)c3ccc(=[N+](C)C)cc-3oc2c1. The number of carboxylic acids is 4. The Morgan fingerprint density at radius 2 is 1.25 bits per heavy atom. The lowest BCUT2D eigenvalue weighted by Gasteiger charge is -2.25. The monoisotopic (exact) mass is 786 g/mol. The average molecular weight is 787 g/mol. The Kier molecular flexibility index (Phi) is 12.5. The number of nitro benzene ring substituents is 1. The van der Waals surface area contributed by atoms with E-state index in [1.807, 2.05) is 74.1 Å². The molecule has 0 fully saturated rings. The summed E-state index contributed by atoms with van der Waals surface area (Å²) in [7, 11) is 7.62. The summed E-state index contributed by atoms with van der Waals surface area (Å²) in [5, 5.41) is 51.4. The number of non-ortho nitro benzene ring substituents is 1. The number of nitrogens with zero attached hydrogens (tertiary/aromatic N) is 5. The van der Waals surface area contributed by atoms with Gasteiger partial charge in [-0.15, -0.1) is 0 Å². The number of rotatable bonds is 18. The van der Waals surface area contributed by atoms with Crippen LogP contribution in [0.2, 0.25) is 0 Å². The van der Waals surface area contributed by atoms with Gasteiger partial charge >= 0.3 is 23.9 Å². The first-order chi connectivity index (χ1) is 27.0. The van der Waals surface area contributed by atoms with Crippen LogP contribution in [0.3, 0.4) is 0 Å². The summed E-state index contributed by atoms with van der Waals surface area (Å²) in [6.45, 7) is -3.47. The number of ether oxygens (including phenoxy) is 2. The summed E-state index contributed by atoms with van der Waals surface area (Å²) in [6, 6.07) is 19.7. The highest BCUT2D eigenvalue weighted by atomic mass is 16.6. The molecule has 1 heterocycles. The fourth-order valence-electron chi connectivity index (χ4n) is 6.18. The first kappa shape index (κ1) is 40.8. The molecule has 298 valence electrons. The first-order valence-corrected chi connectivity index (χ1v) is 17.3. The summed E-state index contributed by atoms with van der Waals surface area (Å²) in [4.78, 5) is 61.8. The van der Waals surface area contributed by atoms with Crippen molar-refractivity contribution in [3.05, 3.63) is 88.3 Å². The number of hydrogen-bond acceptors (Lipinski definition) is 12. The Balaban J connectivity index is 1.60. The lowest BCUT2D eigenvalue weighted by molar-refractivity contribution is -0.384. The molecule has 0 amide bonds. The van der Waals surface area contributed by atoms with Crippen LogP contribution in [0, 0.1) is 10.1 Å². The highest BCUT2D eigenvalue weighted by Crippen LogP contribution is 2.43. The zero-order valence-corrected chi connectivity index (χ0v) is 31.4. The molecule has 18 nitrogen and oxygen atoms in total. The van der Waals surface area contributed by atoms with Gasteiger partial charge in [-0.05, 0) is 42.0 Å². The van der Waals surface area contributed by atoms with Crippen LogP contribution in [-0.2, 0) is 19.2 Å². The second kappa shape index (κ2) is 17.4. The zero-order valence-electron chi connectivity index (χ0n) is 31.4. The molecule has 0 saturated carbocycles. The van der Waals surface area contributed by atoms with Crippen LogP contribution in [0.15, 0.2) is 77.2 Å². The Labute approximate surface area is 324 Å². The van der Waals surface area contributed by atoms with E-state index in [0.29, 0.717) is 16.9 Å². The molecular weight excluding hydrogens is 746 g/mol. The quantitative estimate of drug-likeness (QED) is 0.0326. The van der Waals surface area contributed by atoms with Gasteiger partial charge in [-0.1, -0.05) is 6.07 Å². The summed E-state index contributed by atoms with van der Waals surface area (Å²) >= 11 is 0. The fourth-order valence-corrected chi connectivity index (χ4v) is 6.18. The van der Waals surface area contributed by atoms with E-state index >= 15 is 0 Å². The van der Waals surface area contributed by atoms with E-state index < -0.39 is 60.7 Å². The lowest BCUT2D eigenvalue weighted by atomic mass is 9.93. The molecule has 1 aliphatic carbocycles. The number of nitro groups is 1. The minimum Gasteiger partial charge on any atom is -0.488 e. The molecule has 0 aromatic heterocycles. The number of hydrogen-bond donors (Lipinski definition) is 4. The molecule has 0 atom stereocenters. The highest BCUT2D eigenvalue weighted by Gasteiger charge is 2.24. The molecule has 0 saturated heterocycles. The van der Waals surface area contributed by atoms with Gasteiger partial charge in [0.1, 0.15) is 76.3 Å². The summed E-state index contributed by atoms with van der Waals surface area (Å²) in [5.74, 6) is -4.84. The largest absolute Gasteiger partial charge is 0.488 e. The molecule has 1 aliphatic heterocycles. The number of carboxylic acid groups (broad SMARTS) is 4. The Hall–Kier alpha value is -7.37. The fraction of sp³-hybridized carbons (Fsp3) is 0.256. The topological polar surface area (TPSA) is 237 Å². The van der Waals surface area contributed by atoms with Crippen molar-refractivity contribution in [1.29, 1.82) is 0 Å². The highest BCUT2D eigenvalue weighted by molar-refractivity contribution is 6.03. The van der Waals surface area contributed by atoms with Gasteiger partial charge < -0.3 is 49.0 Å². The van der Waals surface area contributed by atoms with Crippen molar-refractivity contribution in [2.45, 2.75) is 0 Å². The molecular formula is C39H40N5O13+. The van der Waals surface area contributed by atoms with Crippen molar-refractivity contribution in [3.8, 4) is 33.9 Å². The number of anilines is 3. The minimum absolute atomic E-state index is 0.0368. The van der Waals surface area contributed by atoms with Gasteiger partial charge in [-0.25, -0.2) is 4.58 Å². The standard InChI is InChI=1S/C39H39N5O13/c1-40(2)24-6-9-27-31(16-24)57-32-17-25(41(3)4)7-10-28(32)39(27)23-5-11-29(42(19-35(45)46)20-36(47)48)33(15-23)55-13-14-56-34-18-26(44(53)54)8-12-30(34)43(21-37(49)50)22-38(51)52/h5-12,15-18H,13-14,19-22H2,1-4H3,(H3-,45,46,47,48,49,50,51,52)/p+1. The van der Waals surface area contributed by atoms with Crippen molar-refractivity contribution in [1.82, 2.24) is 4.58 Å². The summed E-state index contributed by atoms with van der Waals surface area (Å²) in [5.41, 5.74) is 3.25. The number of fused-ring (bicyclic) bond motifs is 2. The van der Waals surface area contributed by atoms with Crippen LogP contribution >= 0.6 is 0 Å². The van der Waals surface area contributed by atoms with Gasteiger partial charge in [-0.3, -0.25) is 29.3 Å². The third-order valence-corrected chi connectivity index (χ3v) is 8.71. The van der Waals surface area contributed by atoms with Gasteiger partial charge in [0, 0.05) is 54.5 Å². The Morgan fingerprint density at radius 1 is 0.702 bits per heavy atom. The van der Waals surface area contributed by atoms with Gasteiger partial charge in [0.25, 0.3) is 5.69 Å². The van der Waals surface area contributed by atoms with Crippen LogP contribution in [0.5, 0.6) is 11.5 Å². The molecule has 3 aromatic rings. The van der Waals surface area contributed by atoms with E-state index in [-0.39, 0.29) is 36.1 Å². The van der Waals surface area contributed by atoms with E-state index in [2.05, 4.69) is 0 Å². The lowest BCUT2D eigenvalue weighted by Crippen LogP contribution is -2.35. The molecule has 0 radical (unpaired) electrons. The van der Waals surface area contributed by atoms with E-state index in [1.165, 1.54) is 6.07 Å². The number of carbonyl (C=O) groups is 4.